The van der Waals surface area contributed by atoms with Gasteiger partial charge in [0.05, 0.1) is 6.04 Å². The summed E-state index contributed by atoms with van der Waals surface area (Å²) in [6.45, 7) is 9.48. The van der Waals surface area contributed by atoms with E-state index >= 15 is 0 Å². The predicted octanol–water partition coefficient (Wildman–Crippen LogP) is 1.27. The Morgan fingerprint density at radius 2 is 1.77 bits per heavy atom. The summed E-state index contributed by atoms with van der Waals surface area (Å²) in [6, 6.07) is -2.69. The molecule has 3 N–H and O–H groups in total. The van der Waals surface area contributed by atoms with Crippen molar-refractivity contribution in [3.05, 3.63) is 12.2 Å². The number of hydrogen-bond donors (Lipinski definition) is 3. The van der Waals surface area contributed by atoms with Gasteiger partial charge in [0.25, 0.3) is 0 Å². The summed E-state index contributed by atoms with van der Waals surface area (Å²) in [5.74, 6) is -0.998. The smallest absolute Gasteiger partial charge is 0.246 e. The Bertz CT molecular complexity index is 756. The van der Waals surface area contributed by atoms with Gasteiger partial charge in [-0.2, -0.15) is 0 Å². The van der Waals surface area contributed by atoms with Crippen LogP contribution in [0.2, 0.25) is 0 Å². The van der Waals surface area contributed by atoms with E-state index in [9.17, 15) is 24.0 Å². The molecule has 0 aliphatic carbocycles. The van der Waals surface area contributed by atoms with E-state index in [1.165, 1.54) is 17.9 Å². The molecule has 0 aromatic rings. The SMILES string of the molecule is CNC(CC/C=C/C(C)=O)C(=O)NC(C(=O)N1CCCC1C(=O)NC([C-]=O)CC(C)C)C(C)C.[Y]. The second-order valence-electron chi connectivity index (χ2n) is 9.66. The van der Waals surface area contributed by atoms with Crippen LogP contribution in [0.15, 0.2) is 12.2 Å². The van der Waals surface area contributed by atoms with Crippen molar-refractivity contribution in [2.45, 2.75) is 90.9 Å². The Morgan fingerprint density at radius 3 is 2.29 bits per heavy atom. The predicted molar refractivity (Wildman–Crippen MR) is 130 cm³/mol. The van der Waals surface area contributed by atoms with E-state index in [4.69, 9.17) is 0 Å². The molecule has 9 nitrogen and oxygen atoms in total. The molecule has 0 aromatic heterocycles. The number of amides is 3. The number of carbonyl (C=O) groups is 4. The molecule has 0 spiro atoms. The normalized spacial score (nSPS) is 18.2. The van der Waals surface area contributed by atoms with Crippen molar-refractivity contribution in [1.82, 2.24) is 20.9 Å². The number of likely N-dealkylation sites (tertiary alicyclic amines) is 1. The molecule has 35 heavy (non-hydrogen) atoms. The maximum absolute atomic E-state index is 13.4. The van der Waals surface area contributed by atoms with Crippen LogP contribution < -0.4 is 16.0 Å². The van der Waals surface area contributed by atoms with Crippen LogP contribution in [0.5, 0.6) is 0 Å². The van der Waals surface area contributed by atoms with Gasteiger partial charge in [0.15, 0.2) is 5.78 Å². The van der Waals surface area contributed by atoms with E-state index < -0.39 is 24.2 Å². The molecular weight excluding hydrogens is 525 g/mol. The van der Waals surface area contributed by atoms with E-state index in [1.54, 1.807) is 13.1 Å². The second-order valence-corrected chi connectivity index (χ2v) is 9.66. The Hall–Kier alpha value is -1.45. The quantitative estimate of drug-likeness (QED) is 0.215. The van der Waals surface area contributed by atoms with Crippen molar-refractivity contribution in [3.63, 3.8) is 0 Å². The van der Waals surface area contributed by atoms with Gasteiger partial charge in [0.2, 0.25) is 17.7 Å². The van der Waals surface area contributed by atoms with Crippen molar-refractivity contribution in [2.75, 3.05) is 13.6 Å². The first-order valence-electron chi connectivity index (χ1n) is 12.1. The zero-order valence-electron chi connectivity index (χ0n) is 21.9. The number of nitrogens with zero attached hydrogens (tertiary/aromatic N) is 1. The number of rotatable bonds is 14. The first kappa shape index (κ1) is 33.6. The molecule has 1 fully saturated rings. The summed E-state index contributed by atoms with van der Waals surface area (Å²) in [5, 5.41) is 8.52. The van der Waals surface area contributed by atoms with E-state index in [0.717, 1.165) is 0 Å². The third-order valence-electron chi connectivity index (χ3n) is 5.87. The minimum absolute atomic E-state index is 0. The number of nitrogens with one attached hydrogen (secondary N) is 3. The summed E-state index contributed by atoms with van der Waals surface area (Å²) in [4.78, 5) is 63.0. The van der Waals surface area contributed by atoms with Crippen LogP contribution in [0.3, 0.4) is 0 Å². The molecule has 0 aromatic carbocycles. The fraction of sp³-hybridized carbons (Fsp3) is 0.720. The summed E-state index contributed by atoms with van der Waals surface area (Å²) in [5.41, 5.74) is 0. The molecule has 195 valence electrons. The molecule has 1 aliphatic rings. The molecule has 1 saturated heterocycles. The van der Waals surface area contributed by atoms with E-state index in [0.29, 0.717) is 38.6 Å². The van der Waals surface area contributed by atoms with Crippen LogP contribution >= 0.6 is 0 Å². The zero-order chi connectivity index (χ0) is 25.8. The van der Waals surface area contributed by atoms with E-state index in [-0.39, 0.29) is 68.0 Å². The molecule has 1 radical (unpaired) electrons. The molecule has 4 atom stereocenters. The monoisotopic (exact) mass is 566 g/mol. The van der Waals surface area contributed by atoms with Gasteiger partial charge in [-0.25, -0.2) is 6.29 Å². The van der Waals surface area contributed by atoms with E-state index in [1.807, 2.05) is 34.0 Å². The number of likely N-dealkylation sites (N-methyl/N-ethyl adjacent to an activating group) is 1. The number of ketones is 1. The molecule has 4 unspecified atom stereocenters. The number of carbonyl (C=O) groups excluding carboxylic acids is 5. The van der Waals surface area contributed by atoms with Gasteiger partial charge in [0, 0.05) is 39.3 Å². The van der Waals surface area contributed by atoms with Crippen LogP contribution in [-0.2, 0) is 56.7 Å². The van der Waals surface area contributed by atoms with Crippen molar-refractivity contribution in [2.24, 2.45) is 11.8 Å². The molecule has 1 aliphatic heterocycles. The van der Waals surface area contributed by atoms with Crippen LogP contribution in [0, 0.1) is 11.8 Å². The minimum Gasteiger partial charge on any atom is -0.540 e. The van der Waals surface area contributed by atoms with Gasteiger partial charge in [-0.3, -0.25) is 19.2 Å². The molecule has 1 heterocycles. The summed E-state index contributed by atoms with van der Waals surface area (Å²) < 4.78 is 0. The number of allylic oxidation sites excluding steroid dienone is 2. The standard InChI is InChI=1S/C25H41N4O5.Y/c1-16(2)14-19(15-30)27-24(33)21-12-9-13-29(21)25(34)22(17(3)4)28-23(32)20(26-6)11-8-7-10-18(5)31;/h7,10,16-17,19-22,26H,8-9,11-14H2,1-6H3,(H,27,33)(H,28,32);/q-1;/b10-7+;. The third kappa shape index (κ3) is 11.4. The average molecular weight is 567 g/mol. The maximum Gasteiger partial charge on any atom is 0.246 e. The Kier molecular flexibility index (Phi) is 16.4. The molecule has 10 heteroatoms. The third-order valence-corrected chi connectivity index (χ3v) is 5.87. The van der Waals surface area contributed by atoms with Crippen LogP contribution in [0.1, 0.15) is 66.7 Å². The van der Waals surface area contributed by atoms with Gasteiger partial charge >= 0.3 is 0 Å². The minimum atomic E-state index is -0.784. The van der Waals surface area contributed by atoms with Crippen LogP contribution in [0.25, 0.3) is 0 Å². The number of hydrogen-bond acceptors (Lipinski definition) is 6. The largest absolute Gasteiger partial charge is 0.540 e. The van der Waals surface area contributed by atoms with Gasteiger partial charge in [-0.1, -0.05) is 46.2 Å². The van der Waals surface area contributed by atoms with Crippen molar-refractivity contribution >= 4 is 29.8 Å². The molecule has 3 amide bonds. The van der Waals surface area contributed by atoms with Gasteiger partial charge in [0.1, 0.15) is 12.1 Å². The molecule has 0 bridgehead atoms. The molecule has 1 rings (SSSR count). The first-order valence-corrected chi connectivity index (χ1v) is 12.1. The van der Waals surface area contributed by atoms with Gasteiger partial charge in [-0.15, -0.1) is 0 Å². The van der Waals surface area contributed by atoms with Crippen LogP contribution in [-0.4, -0.2) is 72.5 Å². The van der Waals surface area contributed by atoms with Crippen molar-refractivity contribution in [1.29, 1.82) is 0 Å². The fourth-order valence-electron chi connectivity index (χ4n) is 4.04. The topological polar surface area (TPSA) is 125 Å². The van der Waals surface area contributed by atoms with E-state index in [2.05, 4.69) is 16.0 Å². The Balaban J connectivity index is 0.0000116. The second kappa shape index (κ2) is 17.1. The van der Waals surface area contributed by atoms with Gasteiger partial charge in [-0.05, 0) is 57.6 Å². The molecule has 0 saturated carbocycles. The fourth-order valence-corrected chi connectivity index (χ4v) is 4.04. The average Bonchev–Trinajstić information content (AvgIpc) is 3.25. The molecular formula is C25H41N4O5Y-. The summed E-state index contributed by atoms with van der Waals surface area (Å²) in [6.07, 6.45) is 7.73. The zero-order valence-corrected chi connectivity index (χ0v) is 24.8. The van der Waals surface area contributed by atoms with Gasteiger partial charge < -0.3 is 25.6 Å². The first-order chi connectivity index (χ1) is 16.0. The maximum atomic E-state index is 13.4. The van der Waals surface area contributed by atoms with Crippen molar-refractivity contribution in [3.8, 4) is 0 Å². The summed E-state index contributed by atoms with van der Waals surface area (Å²) >= 11 is 0. The van der Waals surface area contributed by atoms with Crippen LogP contribution in [0.4, 0.5) is 0 Å². The Morgan fingerprint density at radius 1 is 1.11 bits per heavy atom. The summed E-state index contributed by atoms with van der Waals surface area (Å²) in [7, 11) is 1.67. The Labute approximate surface area is 234 Å². The van der Waals surface area contributed by atoms with Crippen molar-refractivity contribution < 1.29 is 56.7 Å².